The average Bonchev–Trinajstić information content (AvgIpc) is 3.06. The molecule has 0 bridgehead atoms. The van der Waals surface area contributed by atoms with E-state index in [1.165, 1.54) is 16.9 Å². The first-order valence-corrected chi connectivity index (χ1v) is 8.44. The Labute approximate surface area is 135 Å². The van der Waals surface area contributed by atoms with Crippen molar-refractivity contribution in [2.75, 3.05) is 32.9 Å². The molecule has 6 heteroatoms. The molecule has 0 unspecified atom stereocenters. The number of anilines is 1. The predicted octanol–water partition coefficient (Wildman–Crippen LogP) is 2.25. The standard InChI is InChI=1S/C16H23N5S/c1-20(11-14-9-19-16(17)22-14)10-13-5-7-21(2)15(13)12-4-3-6-18-8-12/h3-4,6,8-9,13,15H,5,7,10-11H2,1-2H3,(H2,17,19)/t13-,15-/m0/s1. The van der Waals surface area contributed by atoms with Gasteiger partial charge in [0.25, 0.3) is 0 Å². The van der Waals surface area contributed by atoms with E-state index >= 15 is 0 Å². The van der Waals surface area contributed by atoms with Gasteiger partial charge < -0.3 is 10.6 Å². The summed E-state index contributed by atoms with van der Waals surface area (Å²) < 4.78 is 0. The monoisotopic (exact) mass is 317 g/mol. The number of hydrogen-bond acceptors (Lipinski definition) is 6. The van der Waals surface area contributed by atoms with Gasteiger partial charge in [-0.2, -0.15) is 0 Å². The Morgan fingerprint density at radius 1 is 1.45 bits per heavy atom. The molecule has 1 aliphatic rings. The predicted molar refractivity (Wildman–Crippen MR) is 90.6 cm³/mol. The number of hydrogen-bond donors (Lipinski definition) is 1. The number of nitrogen functional groups attached to an aromatic ring is 1. The van der Waals surface area contributed by atoms with Crippen LogP contribution in [0.3, 0.4) is 0 Å². The molecule has 22 heavy (non-hydrogen) atoms. The van der Waals surface area contributed by atoms with Crippen molar-refractivity contribution in [3.63, 3.8) is 0 Å². The fourth-order valence-corrected chi connectivity index (χ4v) is 4.19. The number of rotatable bonds is 5. The molecule has 0 aliphatic carbocycles. The summed E-state index contributed by atoms with van der Waals surface area (Å²) in [6.07, 6.45) is 6.96. The van der Waals surface area contributed by atoms with Gasteiger partial charge in [0.15, 0.2) is 5.13 Å². The van der Waals surface area contributed by atoms with Crippen molar-refractivity contribution in [1.82, 2.24) is 19.8 Å². The van der Waals surface area contributed by atoms with Crippen LogP contribution in [0.4, 0.5) is 5.13 Å². The molecule has 1 saturated heterocycles. The lowest BCUT2D eigenvalue weighted by atomic mass is 9.94. The summed E-state index contributed by atoms with van der Waals surface area (Å²) in [4.78, 5) is 14.5. The van der Waals surface area contributed by atoms with E-state index in [1.807, 2.05) is 24.7 Å². The van der Waals surface area contributed by atoms with Crippen LogP contribution in [0.1, 0.15) is 22.9 Å². The summed E-state index contributed by atoms with van der Waals surface area (Å²) in [5, 5.41) is 0.650. The van der Waals surface area contributed by atoms with Crippen LogP contribution < -0.4 is 5.73 Å². The maximum Gasteiger partial charge on any atom is 0.180 e. The Morgan fingerprint density at radius 2 is 2.32 bits per heavy atom. The highest BCUT2D eigenvalue weighted by atomic mass is 32.1. The normalized spacial score (nSPS) is 22.5. The van der Waals surface area contributed by atoms with Gasteiger partial charge in [-0.3, -0.25) is 9.88 Å². The highest BCUT2D eigenvalue weighted by Gasteiger charge is 2.33. The van der Waals surface area contributed by atoms with Crippen LogP contribution in [-0.4, -0.2) is 47.0 Å². The highest BCUT2D eigenvalue weighted by molar-refractivity contribution is 7.15. The van der Waals surface area contributed by atoms with Gasteiger partial charge in [-0.1, -0.05) is 6.07 Å². The lowest BCUT2D eigenvalue weighted by Crippen LogP contribution is -2.29. The largest absolute Gasteiger partial charge is 0.375 e. The minimum Gasteiger partial charge on any atom is -0.375 e. The van der Waals surface area contributed by atoms with E-state index in [0.29, 0.717) is 17.1 Å². The zero-order valence-corrected chi connectivity index (χ0v) is 14.0. The number of likely N-dealkylation sites (tertiary alicyclic amines) is 1. The van der Waals surface area contributed by atoms with Gasteiger partial charge in [-0.25, -0.2) is 4.98 Å². The average molecular weight is 317 g/mol. The van der Waals surface area contributed by atoms with E-state index < -0.39 is 0 Å². The fraction of sp³-hybridized carbons (Fsp3) is 0.500. The highest BCUT2D eigenvalue weighted by Crippen LogP contribution is 2.36. The molecule has 0 radical (unpaired) electrons. The molecule has 3 rings (SSSR count). The Bertz CT molecular complexity index is 600. The van der Waals surface area contributed by atoms with Crippen molar-refractivity contribution < 1.29 is 0 Å². The van der Waals surface area contributed by atoms with Crippen molar-refractivity contribution in [2.45, 2.75) is 19.0 Å². The quantitative estimate of drug-likeness (QED) is 0.916. The second kappa shape index (κ2) is 6.73. The summed E-state index contributed by atoms with van der Waals surface area (Å²) >= 11 is 1.58. The summed E-state index contributed by atoms with van der Waals surface area (Å²) in [6.45, 7) is 3.13. The number of nitrogens with two attached hydrogens (primary N) is 1. The van der Waals surface area contributed by atoms with Crippen LogP contribution in [0, 0.1) is 5.92 Å². The van der Waals surface area contributed by atoms with Crippen LogP contribution in [0.15, 0.2) is 30.7 Å². The lowest BCUT2D eigenvalue weighted by molar-refractivity contribution is 0.214. The first-order valence-electron chi connectivity index (χ1n) is 7.62. The van der Waals surface area contributed by atoms with Gasteiger partial charge >= 0.3 is 0 Å². The molecule has 2 aromatic heterocycles. The molecule has 0 amide bonds. The van der Waals surface area contributed by atoms with E-state index in [9.17, 15) is 0 Å². The lowest BCUT2D eigenvalue weighted by Gasteiger charge is -2.28. The summed E-state index contributed by atoms with van der Waals surface area (Å²) in [5.74, 6) is 0.629. The third-order valence-electron chi connectivity index (χ3n) is 4.34. The zero-order chi connectivity index (χ0) is 15.5. The first-order chi connectivity index (χ1) is 10.6. The van der Waals surface area contributed by atoms with Crippen molar-refractivity contribution >= 4 is 16.5 Å². The summed E-state index contributed by atoms with van der Waals surface area (Å²) in [6, 6.07) is 4.68. The van der Waals surface area contributed by atoms with Gasteiger partial charge in [-0.05, 0) is 44.6 Å². The molecular formula is C16H23N5S. The summed E-state index contributed by atoms with van der Waals surface area (Å²) in [5.41, 5.74) is 7.03. The van der Waals surface area contributed by atoms with E-state index in [-0.39, 0.29) is 0 Å². The topological polar surface area (TPSA) is 58.3 Å². The van der Waals surface area contributed by atoms with Crippen LogP contribution in [0.5, 0.6) is 0 Å². The Morgan fingerprint density at radius 3 is 3.00 bits per heavy atom. The molecular weight excluding hydrogens is 294 g/mol. The SMILES string of the molecule is CN(Cc1cnc(N)s1)C[C@@H]1CCN(C)[C@H]1c1cccnc1. The van der Waals surface area contributed by atoms with Gasteiger partial charge in [0.1, 0.15) is 0 Å². The third kappa shape index (κ3) is 3.45. The van der Waals surface area contributed by atoms with E-state index in [1.54, 1.807) is 11.3 Å². The number of pyridine rings is 1. The Kier molecular flexibility index (Phi) is 4.71. The minimum atomic E-state index is 0.461. The zero-order valence-electron chi connectivity index (χ0n) is 13.1. The van der Waals surface area contributed by atoms with E-state index in [0.717, 1.165) is 19.6 Å². The van der Waals surface area contributed by atoms with Crippen LogP contribution in [-0.2, 0) is 6.54 Å². The minimum absolute atomic E-state index is 0.461. The summed E-state index contributed by atoms with van der Waals surface area (Å²) in [7, 11) is 4.39. The Balaban J connectivity index is 1.65. The molecule has 3 heterocycles. The molecule has 5 nitrogen and oxygen atoms in total. The van der Waals surface area contributed by atoms with Crippen molar-refractivity contribution in [2.24, 2.45) is 5.92 Å². The van der Waals surface area contributed by atoms with Gasteiger partial charge in [-0.15, -0.1) is 11.3 Å². The molecule has 1 aliphatic heterocycles. The van der Waals surface area contributed by atoms with Crippen molar-refractivity contribution in [3.05, 3.63) is 41.2 Å². The van der Waals surface area contributed by atoms with Crippen LogP contribution in [0.2, 0.25) is 0 Å². The smallest absolute Gasteiger partial charge is 0.180 e. The van der Waals surface area contributed by atoms with Gasteiger partial charge in [0.2, 0.25) is 0 Å². The fourth-order valence-electron chi connectivity index (χ4n) is 3.42. The number of aromatic nitrogens is 2. The second-order valence-electron chi connectivity index (χ2n) is 6.12. The molecule has 2 atom stereocenters. The Hall–Kier alpha value is -1.50. The molecule has 2 N–H and O–H groups in total. The molecule has 1 fully saturated rings. The maximum atomic E-state index is 5.71. The van der Waals surface area contributed by atoms with E-state index in [4.69, 9.17) is 5.73 Å². The van der Waals surface area contributed by atoms with Crippen molar-refractivity contribution in [1.29, 1.82) is 0 Å². The second-order valence-corrected chi connectivity index (χ2v) is 7.27. The third-order valence-corrected chi connectivity index (χ3v) is 5.15. The molecule has 0 spiro atoms. The number of nitrogens with zero attached hydrogens (tertiary/aromatic N) is 4. The van der Waals surface area contributed by atoms with Crippen LogP contribution in [0.25, 0.3) is 0 Å². The molecule has 2 aromatic rings. The first kappa shape index (κ1) is 15.4. The van der Waals surface area contributed by atoms with Crippen LogP contribution >= 0.6 is 11.3 Å². The van der Waals surface area contributed by atoms with E-state index in [2.05, 4.69) is 39.9 Å². The van der Waals surface area contributed by atoms with Crippen molar-refractivity contribution in [3.8, 4) is 0 Å². The van der Waals surface area contributed by atoms with Gasteiger partial charge in [0, 0.05) is 42.6 Å². The molecule has 118 valence electrons. The number of thiazole rings is 1. The molecule has 0 saturated carbocycles. The molecule has 0 aromatic carbocycles. The maximum absolute atomic E-state index is 5.71. The van der Waals surface area contributed by atoms with Gasteiger partial charge in [0.05, 0.1) is 0 Å².